The van der Waals surface area contributed by atoms with Crippen molar-refractivity contribution in [3.63, 3.8) is 0 Å². The second kappa shape index (κ2) is 9.89. The first kappa shape index (κ1) is 18.0. The molecule has 0 amide bonds. The van der Waals surface area contributed by atoms with Crippen LogP contribution in [0.15, 0.2) is 24.3 Å². The Balaban J connectivity index is 0.00000154. The molecule has 0 radical (unpaired) electrons. The number of ether oxygens (including phenoxy) is 1. The van der Waals surface area contributed by atoms with Crippen molar-refractivity contribution in [3.05, 3.63) is 29.8 Å². The highest BCUT2D eigenvalue weighted by Crippen LogP contribution is 2.19. The van der Waals surface area contributed by atoms with E-state index in [9.17, 15) is 0 Å². The Morgan fingerprint density at radius 3 is 1.84 bits per heavy atom. The van der Waals surface area contributed by atoms with Crippen molar-refractivity contribution in [1.29, 1.82) is 0 Å². The van der Waals surface area contributed by atoms with E-state index in [2.05, 4.69) is 58.9 Å². The molecule has 0 N–H and O–H groups in total. The summed E-state index contributed by atoms with van der Waals surface area (Å²) in [5, 5.41) is 0. The summed E-state index contributed by atoms with van der Waals surface area (Å²) >= 11 is 0. The minimum absolute atomic E-state index is 0.587. The van der Waals surface area contributed by atoms with Crippen molar-refractivity contribution in [2.45, 2.75) is 60.8 Å². The van der Waals surface area contributed by atoms with E-state index < -0.39 is 0 Å². The van der Waals surface area contributed by atoms with E-state index in [1.165, 1.54) is 12.0 Å². The molecule has 110 valence electrons. The van der Waals surface area contributed by atoms with E-state index in [1.54, 1.807) is 0 Å². The first-order chi connectivity index (χ1) is 8.99. The van der Waals surface area contributed by atoms with Gasteiger partial charge in [0.15, 0.2) is 0 Å². The maximum atomic E-state index is 5.80. The molecule has 1 aromatic rings. The molecular weight excluding hydrogens is 232 g/mol. The van der Waals surface area contributed by atoms with Crippen molar-refractivity contribution >= 4 is 0 Å². The predicted molar refractivity (Wildman–Crippen MR) is 86.0 cm³/mol. The SMILES string of the molecule is CC.CC(C)CC(C)COc1ccc(C(C)C)cc1. The summed E-state index contributed by atoms with van der Waals surface area (Å²) < 4.78 is 5.80. The average molecular weight is 264 g/mol. The van der Waals surface area contributed by atoms with Gasteiger partial charge < -0.3 is 4.74 Å². The summed E-state index contributed by atoms with van der Waals surface area (Å²) in [5.41, 5.74) is 1.37. The van der Waals surface area contributed by atoms with Gasteiger partial charge in [0.25, 0.3) is 0 Å². The van der Waals surface area contributed by atoms with Crippen molar-refractivity contribution in [2.24, 2.45) is 11.8 Å². The zero-order valence-electron chi connectivity index (χ0n) is 13.9. The van der Waals surface area contributed by atoms with Gasteiger partial charge in [0.05, 0.1) is 6.61 Å². The normalized spacial score (nSPS) is 12.1. The molecule has 0 saturated heterocycles. The lowest BCUT2D eigenvalue weighted by molar-refractivity contribution is 0.239. The standard InChI is InChI=1S/C16H26O.C2H6/c1-12(2)10-14(5)11-17-16-8-6-15(7-9-16)13(3)4;1-2/h6-9,12-14H,10-11H2,1-5H3;1-2H3. The average Bonchev–Trinajstić information content (AvgIpc) is 2.38. The summed E-state index contributed by atoms with van der Waals surface area (Å²) in [7, 11) is 0. The van der Waals surface area contributed by atoms with Crippen LogP contribution in [-0.2, 0) is 0 Å². The number of benzene rings is 1. The first-order valence-corrected chi connectivity index (χ1v) is 7.71. The lowest BCUT2D eigenvalue weighted by Gasteiger charge is -2.15. The molecular formula is C18H32O. The summed E-state index contributed by atoms with van der Waals surface area (Å²) in [4.78, 5) is 0. The predicted octanol–water partition coefficient (Wildman–Crippen LogP) is 5.90. The van der Waals surface area contributed by atoms with Crippen LogP contribution in [0.5, 0.6) is 5.75 Å². The molecule has 1 heteroatoms. The molecule has 1 unspecified atom stereocenters. The fourth-order valence-corrected chi connectivity index (χ4v) is 2.06. The van der Waals surface area contributed by atoms with Crippen LogP contribution in [-0.4, -0.2) is 6.61 Å². The van der Waals surface area contributed by atoms with Gasteiger partial charge in [-0.2, -0.15) is 0 Å². The molecule has 19 heavy (non-hydrogen) atoms. The summed E-state index contributed by atoms with van der Waals surface area (Å²) in [5.74, 6) is 2.95. The van der Waals surface area contributed by atoms with Gasteiger partial charge in [-0.1, -0.05) is 60.6 Å². The second-order valence-corrected chi connectivity index (χ2v) is 5.77. The van der Waals surface area contributed by atoms with Crippen LogP contribution < -0.4 is 4.74 Å². The third-order valence-electron chi connectivity index (χ3n) is 2.96. The summed E-state index contributed by atoms with van der Waals surface area (Å²) in [6.07, 6.45) is 1.23. The van der Waals surface area contributed by atoms with Crippen molar-refractivity contribution in [1.82, 2.24) is 0 Å². The highest BCUT2D eigenvalue weighted by atomic mass is 16.5. The van der Waals surface area contributed by atoms with Gasteiger partial charge in [0.2, 0.25) is 0 Å². The minimum atomic E-state index is 0.587. The van der Waals surface area contributed by atoms with Crippen LogP contribution in [0.1, 0.15) is 66.4 Å². The van der Waals surface area contributed by atoms with E-state index in [0.29, 0.717) is 11.8 Å². The Bertz CT molecular complexity index is 311. The third-order valence-corrected chi connectivity index (χ3v) is 2.96. The molecule has 1 atom stereocenters. The second-order valence-electron chi connectivity index (χ2n) is 5.77. The zero-order valence-corrected chi connectivity index (χ0v) is 13.9. The van der Waals surface area contributed by atoms with E-state index in [4.69, 9.17) is 4.74 Å². The Labute approximate surface area is 120 Å². The quantitative estimate of drug-likeness (QED) is 0.621. The van der Waals surface area contributed by atoms with Crippen LogP contribution in [0.4, 0.5) is 0 Å². The van der Waals surface area contributed by atoms with Gasteiger partial charge in [0, 0.05) is 0 Å². The molecule has 0 aliphatic heterocycles. The molecule has 1 rings (SSSR count). The molecule has 0 heterocycles. The van der Waals surface area contributed by atoms with E-state index in [-0.39, 0.29) is 0 Å². The molecule has 0 fully saturated rings. The molecule has 0 spiro atoms. The Morgan fingerprint density at radius 2 is 1.42 bits per heavy atom. The van der Waals surface area contributed by atoms with Crippen molar-refractivity contribution in [2.75, 3.05) is 6.61 Å². The van der Waals surface area contributed by atoms with Crippen molar-refractivity contribution < 1.29 is 4.74 Å². The summed E-state index contributed by atoms with van der Waals surface area (Å²) in [6, 6.07) is 8.48. The largest absolute Gasteiger partial charge is 0.493 e. The topological polar surface area (TPSA) is 9.23 Å². The number of hydrogen-bond donors (Lipinski definition) is 0. The molecule has 0 bridgehead atoms. The van der Waals surface area contributed by atoms with Crippen molar-refractivity contribution in [3.8, 4) is 5.75 Å². The fourth-order valence-electron chi connectivity index (χ4n) is 2.06. The molecule has 0 aromatic heterocycles. The highest BCUT2D eigenvalue weighted by molar-refractivity contribution is 5.28. The molecule has 0 aliphatic rings. The van der Waals surface area contributed by atoms with Gasteiger partial charge >= 0.3 is 0 Å². The molecule has 1 aromatic carbocycles. The third kappa shape index (κ3) is 7.92. The fraction of sp³-hybridized carbons (Fsp3) is 0.667. The molecule has 0 saturated carbocycles. The van der Waals surface area contributed by atoms with Gasteiger partial charge in [-0.3, -0.25) is 0 Å². The maximum absolute atomic E-state index is 5.80. The van der Waals surface area contributed by atoms with Crippen LogP contribution in [0.25, 0.3) is 0 Å². The van der Waals surface area contributed by atoms with Gasteiger partial charge in [0.1, 0.15) is 5.75 Å². The lowest BCUT2D eigenvalue weighted by atomic mass is 10.00. The van der Waals surface area contributed by atoms with E-state index >= 15 is 0 Å². The van der Waals surface area contributed by atoms with E-state index in [1.807, 2.05) is 13.8 Å². The number of hydrogen-bond acceptors (Lipinski definition) is 1. The van der Waals surface area contributed by atoms with Gasteiger partial charge in [-0.05, 0) is 41.9 Å². The first-order valence-electron chi connectivity index (χ1n) is 7.71. The van der Waals surface area contributed by atoms with Crippen LogP contribution in [0, 0.1) is 11.8 Å². The Hall–Kier alpha value is -0.980. The maximum Gasteiger partial charge on any atom is 0.119 e. The molecule has 1 nitrogen and oxygen atoms in total. The monoisotopic (exact) mass is 264 g/mol. The minimum Gasteiger partial charge on any atom is -0.493 e. The van der Waals surface area contributed by atoms with Crippen LogP contribution >= 0.6 is 0 Å². The van der Waals surface area contributed by atoms with Crippen LogP contribution in [0.3, 0.4) is 0 Å². The highest BCUT2D eigenvalue weighted by Gasteiger charge is 2.06. The van der Waals surface area contributed by atoms with E-state index in [0.717, 1.165) is 18.3 Å². The van der Waals surface area contributed by atoms with Gasteiger partial charge in [-0.15, -0.1) is 0 Å². The lowest BCUT2D eigenvalue weighted by Crippen LogP contribution is -2.10. The summed E-state index contributed by atoms with van der Waals surface area (Å²) in [6.45, 7) is 16.0. The Kier molecular flexibility index (Phi) is 9.38. The molecule has 0 aliphatic carbocycles. The number of rotatable bonds is 6. The van der Waals surface area contributed by atoms with Gasteiger partial charge in [-0.25, -0.2) is 0 Å². The zero-order chi connectivity index (χ0) is 14.8. The smallest absolute Gasteiger partial charge is 0.119 e. The van der Waals surface area contributed by atoms with Crippen LogP contribution in [0.2, 0.25) is 0 Å². The Morgan fingerprint density at radius 1 is 0.895 bits per heavy atom.